The quantitative estimate of drug-likeness (QED) is 0.705. The van der Waals surface area contributed by atoms with Gasteiger partial charge in [-0.05, 0) is 43.0 Å². The summed E-state index contributed by atoms with van der Waals surface area (Å²) in [6.07, 6.45) is 2.49. The molecule has 2 rings (SSSR count). The van der Waals surface area contributed by atoms with Gasteiger partial charge in [-0.15, -0.1) is 0 Å². The van der Waals surface area contributed by atoms with Gasteiger partial charge in [-0.3, -0.25) is 4.79 Å². The van der Waals surface area contributed by atoms with E-state index < -0.39 is 0 Å². The number of aliphatic hydroxyl groups is 1. The number of hydrogen-bond acceptors (Lipinski definition) is 4. The molecule has 0 radical (unpaired) electrons. The molecule has 116 valence electrons. The predicted octanol–water partition coefficient (Wildman–Crippen LogP) is 1.18. The first-order valence-corrected chi connectivity index (χ1v) is 7.63. The Hall–Kier alpha value is -1.43. The van der Waals surface area contributed by atoms with Crippen molar-refractivity contribution in [3.8, 4) is 0 Å². The van der Waals surface area contributed by atoms with Crippen molar-refractivity contribution in [1.29, 1.82) is 0 Å². The van der Waals surface area contributed by atoms with Crippen molar-refractivity contribution in [3.05, 3.63) is 29.8 Å². The van der Waals surface area contributed by atoms with Gasteiger partial charge in [0, 0.05) is 38.3 Å². The maximum absolute atomic E-state index is 12.0. The lowest BCUT2D eigenvalue weighted by Gasteiger charge is -2.15. The van der Waals surface area contributed by atoms with E-state index in [1.54, 1.807) is 0 Å². The van der Waals surface area contributed by atoms with Crippen molar-refractivity contribution in [2.24, 2.45) is 11.7 Å². The number of rotatable bonds is 7. The summed E-state index contributed by atoms with van der Waals surface area (Å²) in [5.41, 5.74) is 7.41. The van der Waals surface area contributed by atoms with Crippen LogP contribution in [0.4, 0.5) is 5.69 Å². The summed E-state index contributed by atoms with van der Waals surface area (Å²) in [7, 11) is 0. The van der Waals surface area contributed by atoms with E-state index in [1.165, 1.54) is 0 Å². The van der Waals surface area contributed by atoms with Crippen molar-refractivity contribution in [2.45, 2.75) is 25.8 Å². The Bertz CT molecular complexity index is 465. The third-order valence-electron chi connectivity index (χ3n) is 4.01. The maximum Gasteiger partial charge on any atom is 0.225 e. The fourth-order valence-electron chi connectivity index (χ4n) is 2.79. The summed E-state index contributed by atoms with van der Waals surface area (Å²) >= 11 is 0. The molecule has 1 atom stereocenters. The first-order valence-electron chi connectivity index (χ1n) is 7.63. The molecule has 0 aromatic heterocycles. The van der Waals surface area contributed by atoms with Crippen LogP contribution >= 0.6 is 0 Å². The first-order chi connectivity index (χ1) is 10.2. The fraction of sp³-hybridized carbons (Fsp3) is 0.562. The van der Waals surface area contributed by atoms with Crippen LogP contribution in [0.25, 0.3) is 0 Å². The molecule has 0 bridgehead atoms. The number of nitrogens with one attached hydrogen (secondary N) is 1. The van der Waals surface area contributed by atoms with Gasteiger partial charge in [-0.1, -0.05) is 12.1 Å². The van der Waals surface area contributed by atoms with Crippen LogP contribution in [0.2, 0.25) is 0 Å². The second-order valence-electron chi connectivity index (χ2n) is 5.67. The van der Waals surface area contributed by atoms with Gasteiger partial charge in [0.15, 0.2) is 0 Å². The SMILES string of the molecule is NCc1cccc(NC(=O)CCN2CCC(CCO)C2)c1. The molecule has 1 aliphatic heterocycles. The molecular weight excluding hydrogens is 266 g/mol. The molecule has 1 unspecified atom stereocenters. The number of nitrogens with zero attached hydrogens (tertiary/aromatic N) is 1. The normalized spacial score (nSPS) is 18.9. The summed E-state index contributed by atoms with van der Waals surface area (Å²) in [4.78, 5) is 14.3. The van der Waals surface area contributed by atoms with Gasteiger partial charge in [0.25, 0.3) is 0 Å². The highest BCUT2D eigenvalue weighted by Gasteiger charge is 2.21. The third kappa shape index (κ3) is 5.12. The Morgan fingerprint density at radius 1 is 1.48 bits per heavy atom. The minimum atomic E-state index is 0.0368. The molecule has 1 heterocycles. The monoisotopic (exact) mass is 291 g/mol. The van der Waals surface area contributed by atoms with Crippen LogP contribution in [-0.2, 0) is 11.3 Å². The number of nitrogens with two attached hydrogens (primary N) is 1. The van der Waals surface area contributed by atoms with E-state index in [2.05, 4.69) is 10.2 Å². The molecular formula is C16H25N3O2. The minimum Gasteiger partial charge on any atom is -0.396 e. The van der Waals surface area contributed by atoms with Crippen molar-refractivity contribution >= 4 is 11.6 Å². The molecule has 5 nitrogen and oxygen atoms in total. The number of hydrogen-bond donors (Lipinski definition) is 3. The highest BCUT2D eigenvalue weighted by atomic mass is 16.3. The molecule has 0 spiro atoms. The van der Waals surface area contributed by atoms with Gasteiger partial charge < -0.3 is 21.1 Å². The molecule has 5 heteroatoms. The van der Waals surface area contributed by atoms with Crippen LogP contribution < -0.4 is 11.1 Å². The molecule has 1 aromatic rings. The Labute approximate surface area is 126 Å². The number of carbonyl (C=O) groups excluding carboxylic acids is 1. The average molecular weight is 291 g/mol. The van der Waals surface area contributed by atoms with Crippen LogP contribution in [0.15, 0.2) is 24.3 Å². The van der Waals surface area contributed by atoms with Gasteiger partial charge in [0.1, 0.15) is 0 Å². The Kier molecular flexibility index (Phi) is 6.17. The molecule has 0 aliphatic carbocycles. The standard InChI is InChI=1S/C16H25N3O2/c17-11-14-2-1-3-15(10-14)18-16(21)5-8-19-7-4-13(12-19)6-9-20/h1-3,10,13,20H,4-9,11-12,17H2,(H,18,21). The second-order valence-corrected chi connectivity index (χ2v) is 5.67. The summed E-state index contributed by atoms with van der Waals surface area (Å²) in [6, 6.07) is 7.63. The van der Waals surface area contributed by atoms with E-state index in [1.807, 2.05) is 24.3 Å². The highest BCUT2D eigenvalue weighted by molar-refractivity contribution is 5.90. The fourth-order valence-corrected chi connectivity index (χ4v) is 2.79. The van der Waals surface area contributed by atoms with Crippen molar-refractivity contribution < 1.29 is 9.90 Å². The molecule has 0 saturated carbocycles. The molecule has 1 aliphatic rings. The molecule has 4 N–H and O–H groups in total. The largest absolute Gasteiger partial charge is 0.396 e. The van der Waals surface area contributed by atoms with Gasteiger partial charge in [-0.2, -0.15) is 0 Å². The second kappa shape index (κ2) is 8.12. The lowest BCUT2D eigenvalue weighted by atomic mass is 10.1. The average Bonchev–Trinajstić information content (AvgIpc) is 2.93. The van der Waals surface area contributed by atoms with Gasteiger partial charge in [0.05, 0.1) is 0 Å². The summed E-state index contributed by atoms with van der Waals surface area (Å²) in [5, 5.41) is 11.9. The zero-order valence-electron chi connectivity index (χ0n) is 12.4. The van der Waals surface area contributed by atoms with E-state index in [9.17, 15) is 4.79 Å². The van der Waals surface area contributed by atoms with Crippen LogP contribution in [-0.4, -0.2) is 42.2 Å². The smallest absolute Gasteiger partial charge is 0.225 e. The van der Waals surface area contributed by atoms with Crippen LogP contribution in [0.1, 0.15) is 24.8 Å². The number of anilines is 1. The number of carbonyl (C=O) groups is 1. The van der Waals surface area contributed by atoms with Crippen molar-refractivity contribution in [3.63, 3.8) is 0 Å². The van der Waals surface area contributed by atoms with Crippen LogP contribution in [0.3, 0.4) is 0 Å². The molecule has 1 amide bonds. The van der Waals surface area contributed by atoms with Gasteiger partial charge in [0.2, 0.25) is 5.91 Å². The number of amides is 1. The molecule has 1 saturated heterocycles. The number of benzene rings is 1. The third-order valence-corrected chi connectivity index (χ3v) is 4.01. The Morgan fingerprint density at radius 2 is 2.33 bits per heavy atom. The summed E-state index contributed by atoms with van der Waals surface area (Å²) in [5.74, 6) is 0.620. The maximum atomic E-state index is 12.0. The van der Waals surface area contributed by atoms with E-state index in [0.29, 0.717) is 18.9 Å². The zero-order valence-corrected chi connectivity index (χ0v) is 12.4. The van der Waals surface area contributed by atoms with E-state index in [4.69, 9.17) is 10.8 Å². The van der Waals surface area contributed by atoms with Crippen molar-refractivity contribution in [1.82, 2.24) is 4.90 Å². The first kappa shape index (κ1) is 15.9. The summed E-state index contributed by atoms with van der Waals surface area (Å²) in [6.45, 7) is 3.54. The molecule has 21 heavy (non-hydrogen) atoms. The van der Waals surface area contributed by atoms with E-state index in [0.717, 1.165) is 43.7 Å². The lowest BCUT2D eigenvalue weighted by molar-refractivity contribution is -0.116. The number of aliphatic hydroxyl groups excluding tert-OH is 1. The zero-order chi connectivity index (χ0) is 15.1. The van der Waals surface area contributed by atoms with Crippen molar-refractivity contribution in [2.75, 3.05) is 31.6 Å². The van der Waals surface area contributed by atoms with E-state index in [-0.39, 0.29) is 12.5 Å². The van der Waals surface area contributed by atoms with E-state index >= 15 is 0 Å². The Morgan fingerprint density at radius 3 is 3.10 bits per heavy atom. The van der Waals surface area contributed by atoms with Crippen LogP contribution in [0.5, 0.6) is 0 Å². The predicted molar refractivity (Wildman–Crippen MR) is 83.8 cm³/mol. The minimum absolute atomic E-state index is 0.0368. The number of likely N-dealkylation sites (tertiary alicyclic amines) is 1. The van der Waals surface area contributed by atoms with Gasteiger partial charge in [-0.25, -0.2) is 0 Å². The molecule has 1 aromatic carbocycles. The van der Waals surface area contributed by atoms with Crippen LogP contribution in [0, 0.1) is 5.92 Å². The Balaban J connectivity index is 1.72. The molecule has 1 fully saturated rings. The highest BCUT2D eigenvalue weighted by Crippen LogP contribution is 2.19. The summed E-state index contributed by atoms with van der Waals surface area (Å²) < 4.78 is 0. The lowest BCUT2D eigenvalue weighted by Crippen LogP contribution is -2.26. The van der Waals surface area contributed by atoms with Gasteiger partial charge >= 0.3 is 0 Å². The topological polar surface area (TPSA) is 78.6 Å².